The fourth-order valence-corrected chi connectivity index (χ4v) is 4.44. The summed E-state index contributed by atoms with van der Waals surface area (Å²) >= 11 is 0. The molecule has 36 heavy (non-hydrogen) atoms. The molecule has 4 rings (SSSR count). The highest BCUT2D eigenvalue weighted by atomic mass is 16.5. The molecular formula is C29H33N3O4. The third-order valence-corrected chi connectivity index (χ3v) is 6.15. The monoisotopic (exact) mass is 487 g/mol. The summed E-state index contributed by atoms with van der Waals surface area (Å²) in [5.74, 6) is 0.128. The topological polar surface area (TPSA) is 79.9 Å². The molecule has 3 aromatic carbocycles. The van der Waals surface area contributed by atoms with E-state index in [0.29, 0.717) is 29.1 Å². The van der Waals surface area contributed by atoms with Crippen LogP contribution in [-0.4, -0.2) is 49.1 Å². The molecule has 0 spiro atoms. The zero-order valence-electron chi connectivity index (χ0n) is 21.0. The van der Waals surface area contributed by atoms with E-state index in [1.807, 2.05) is 12.1 Å². The zero-order valence-corrected chi connectivity index (χ0v) is 21.0. The molecule has 2 unspecified atom stereocenters. The van der Waals surface area contributed by atoms with Gasteiger partial charge in [-0.05, 0) is 61.4 Å². The number of carbonyl (C=O) groups is 2. The Labute approximate surface area is 212 Å². The molecular weight excluding hydrogens is 454 g/mol. The van der Waals surface area contributed by atoms with Crippen molar-refractivity contribution in [2.24, 2.45) is 0 Å². The Morgan fingerprint density at radius 2 is 1.53 bits per heavy atom. The minimum atomic E-state index is -0.294. The van der Waals surface area contributed by atoms with Gasteiger partial charge in [0.25, 0.3) is 11.8 Å². The first-order valence-corrected chi connectivity index (χ1v) is 12.2. The molecule has 0 bridgehead atoms. The fourth-order valence-electron chi connectivity index (χ4n) is 4.44. The van der Waals surface area contributed by atoms with E-state index >= 15 is 0 Å². The maximum absolute atomic E-state index is 12.9. The summed E-state index contributed by atoms with van der Waals surface area (Å²) in [6, 6.07) is 22.1. The molecule has 0 aromatic heterocycles. The van der Waals surface area contributed by atoms with Crippen LogP contribution in [0.1, 0.15) is 45.7 Å². The largest absolute Gasteiger partial charge is 0.497 e. The van der Waals surface area contributed by atoms with Gasteiger partial charge >= 0.3 is 0 Å². The highest BCUT2D eigenvalue weighted by Gasteiger charge is 2.22. The molecule has 188 valence electrons. The highest BCUT2D eigenvalue weighted by Crippen LogP contribution is 2.19. The SMILES string of the molecule is COc1ccc(C(=O)Nc2ccccc2C(=O)NCc2ccc(CN3CC(C)OC(C)C3)cc2)cc1. The van der Waals surface area contributed by atoms with Gasteiger partial charge in [-0.1, -0.05) is 36.4 Å². The van der Waals surface area contributed by atoms with Crippen LogP contribution in [0.3, 0.4) is 0 Å². The van der Waals surface area contributed by atoms with Gasteiger partial charge < -0.3 is 20.1 Å². The number of nitrogens with zero attached hydrogens (tertiary/aromatic N) is 1. The van der Waals surface area contributed by atoms with E-state index in [1.165, 1.54) is 5.56 Å². The quantitative estimate of drug-likeness (QED) is 0.490. The van der Waals surface area contributed by atoms with E-state index in [4.69, 9.17) is 9.47 Å². The number of nitrogens with one attached hydrogen (secondary N) is 2. The second-order valence-corrected chi connectivity index (χ2v) is 9.18. The molecule has 1 saturated heterocycles. The van der Waals surface area contributed by atoms with Crippen LogP contribution in [0.5, 0.6) is 5.75 Å². The van der Waals surface area contributed by atoms with Crippen LogP contribution in [-0.2, 0) is 17.8 Å². The normalized spacial score (nSPS) is 17.9. The molecule has 1 fully saturated rings. The number of rotatable bonds is 8. The van der Waals surface area contributed by atoms with Crippen molar-refractivity contribution < 1.29 is 19.1 Å². The second kappa shape index (κ2) is 11.8. The Morgan fingerprint density at radius 1 is 0.889 bits per heavy atom. The van der Waals surface area contributed by atoms with Crippen LogP contribution in [0, 0.1) is 0 Å². The molecule has 1 heterocycles. The first-order valence-electron chi connectivity index (χ1n) is 12.2. The van der Waals surface area contributed by atoms with Crippen LogP contribution in [0.2, 0.25) is 0 Å². The number of hydrogen-bond acceptors (Lipinski definition) is 5. The number of para-hydroxylation sites is 1. The van der Waals surface area contributed by atoms with Crippen molar-refractivity contribution in [1.82, 2.24) is 10.2 Å². The number of benzene rings is 3. The molecule has 2 atom stereocenters. The average molecular weight is 488 g/mol. The number of hydrogen-bond donors (Lipinski definition) is 2. The van der Waals surface area contributed by atoms with Crippen LogP contribution in [0.15, 0.2) is 72.8 Å². The molecule has 0 saturated carbocycles. The fraction of sp³-hybridized carbons (Fsp3) is 0.310. The smallest absolute Gasteiger partial charge is 0.255 e. The maximum Gasteiger partial charge on any atom is 0.255 e. The lowest BCUT2D eigenvalue weighted by atomic mass is 10.1. The third-order valence-electron chi connectivity index (χ3n) is 6.15. The number of carbonyl (C=O) groups excluding carboxylic acids is 2. The van der Waals surface area contributed by atoms with Crippen LogP contribution in [0.4, 0.5) is 5.69 Å². The Morgan fingerprint density at radius 3 is 2.19 bits per heavy atom. The van der Waals surface area contributed by atoms with Gasteiger partial charge in [-0.3, -0.25) is 14.5 Å². The van der Waals surface area contributed by atoms with E-state index < -0.39 is 0 Å². The highest BCUT2D eigenvalue weighted by molar-refractivity contribution is 6.09. The van der Waals surface area contributed by atoms with Crippen LogP contribution >= 0.6 is 0 Å². The summed E-state index contributed by atoms with van der Waals surface area (Å²) in [6.45, 7) is 7.35. The molecule has 0 radical (unpaired) electrons. The molecule has 7 heteroatoms. The van der Waals surface area contributed by atoms with Gasteiger partial charge in [-0.25, -0.2) is 0 Å². The summed E-state index contributed by atoms with van der Waals surface area (Å²) in [6.07, 6.45) is 0.485. The van der Waals surface area contributed by atoms with Gasteiger partial charge in [0.2, 0.25) is 0 Å². The standard InChI is InChI=1S/C29H33N3O4/c1-20-17-32(18-21(2)36-20)19-23-10-8-22(9-11-23)16-30-29(34)26-6-4-5-7-27(26)31-28(33)24-12-14-25(35-3)15-13-24/h4-15,20-21H,16-19H2,1-3H3,(H,30,34)(H,31,33). The third kappa shape index (κ3) is 6.71. The van der Waals surface area contributed by atoms with Crippen molar-refractivity contribution in [2.75, 3.05) is 25.5 Å². The number of amides is 2. The Kier molecular flexibility index (Phi) is 8.36. The van der Waals surface area contributed by atoms with E-state index in [1.54, 1.807) is 55.6 Å². The molecule has 1 aliphatic rings. The maximum atomic E-state index is 12.9. The molecule has 0 aliphatic carbocycles. The minimum Gasteiger partial charge on any atom is -0.497 e. The number of anilines is 1. The van der Waals surface area contributed by atoms with Gasteiger partial charge in [-0.2, -0.15) is 0 Å². The van der Waals surface area contributed by atoms with Crippen LogP contribution in [0.25, 0.3) is 0 Å². The summed E-state index contributed by atoms with van der Waals surface area (Å²) in [5.41, 5.74) is 3.59. The lowest BCUT2D eigenvalue weighted by Crippen LogP contribution is -2.44. The predicted molar refractivity (Wildman–Crippen MR) is 140 cm³/mol. The van der Waals surface area contributed by atoms with Crippen molar-refractivity contribution in [1.29, 1.82) is 0 Å². The average Bonchev–Trinajstić information content (AvgIpc) is 2.88. The van der Waals surface area contributed by atoms with Crippen molar-refractivity contribution >= 4 is 17.5 Å². The van der Waals surface area contributed by atoms with E-state index in [-0.39, 0.29) is 24.0 Å². The molecule has 2 amide bonds. The van der Waals surface area contributed by atoms with E-state index in [0.717, 1.165) is 25.2 Å². The van der Waals surface area contributed by atoms with Crippen molar-refractivity contribution in [2.45, 2.75) is 39.1 Å². The Bertz CT molecular complexity index is 1170. The summed E-state index contributed by atoms with van der Waals surface area (Å²) in [4.78, 5) is 28.0. The molecule has 3 aromatic rings. The van der Waals surface area contributed by atoms with Crippen molar-refractivity contribution in [3.05, 3.63) is 95.1 Å². The molecule has 7 nitrogen and oxygen atoms in total. The van der Waals surface area contributed by atoms with E-state index in [2.05, 4.69) is 41.5 Å². The van der Waals surface area contributed by atoms with Gasteiger partial charge in [0.05, 0.1) is 30.6 Å². The summed E-state index contributed by atoms with van der Waals surface area (Å²) in [5, 5.41) is 5.80. The molecule has 2 N–H and O–H groups in total. The predicted octanol–water partition coefficient (Wildman–Crippen LogP) is 4.49. The number of ether oxygens (including phenoxy) is 2. The van der Waals surface area contributed by atoms with Gasteiger partial charge in [0, 0.05) is 31.7 Å². The number of morpholine rings is 1. The van der Waals surface area contributed by atoms with E-state index in [9.17, 15) is 9.59 Å². The number of methoxy groups -OCH3 is 1. The Hall–Kier alpha value is -3.68. The molecule has 1 aliphatic heterocycles. The van der Waals surface area contributed by atoms with Gasteiger partial charge in [0.1, 0.15) is 5.75 Å². The summed E-state index contributed by atoms with van der Waals surface area (Å²) < 4.78 is 11.0. The lowest BCUT2D eigenvalue weighted by Gasteiger charge is -2.35. The van der Waals surface area contributed by atoms with Crippen molar-refractivity contribution in [3.8, 4) is 5.75 Å². The Balaban J connectivity index is 1.33. The lowest BCUT2D eigenvalue weighted by molar-refractivity contribution is -0.0704. The first-order chi connectivity index (χ1) is 17.4. The van der Waals surface area contributed by atoms with Gasteiger partial charge in [0.15, 0.2) is 0 Å². The second-order valence-electron chi connectivity index (χ2n) is 9.18. The summed E-state index contributed by atoms with van der Waals surface area (Å²) in [7, 11) is 1.57. The minimum absolute atomic E-state index is 0.243. The van der Waals surface area contributed by atoms with Crippen molar-refractivity contribution in [3.63, 3.8) is 0 Å². The zero-order chi connectivity index (χ0) is 25.5. The van der Waals surface area contributed by atoms with Crippen LogP contribution < -0.4 is 15.4 Å². The van der Waals surface area contributed by atoms with Gasteiger partial charge in [-0.15, -0.1) is 0 Å². The first kappa shape index (κ1) is 25.4.